The Kier molecular flexibility index (Phi) is 1.94. The Labute approximate surface area is 64.5 Å². The van der Waals surface area contributed by atoms with Gasteiger partial charge in [0.15, 0.2) is 0 Å². The SMILES string of the molecule is CCn1ncc(C(=O)O)c1C. The Morgan fingerprint density at radius 2 is 2.45 bits per heavy atom. The first-order valence-electron chi connectivity index (χ1n) is 3.42. The molecule has 0 radical (unpaired) electrons. The van der Waals surface area contributed by atoms with Gasteiger partial charge in [-0.25, -0.2) is 4.79 Å². The molecule has 1 N–H and O–H groups in total. The van der Waals surface area contributed by atoms with Crippen LogP contribution in [0.1, 0.15) is 23.0 Å². The van der Waals surface area contributed by atoms with Gasteiger partial charge in [-0.15, -0.1) is 0 Å². The third kappa shape index (κ3) is 1.24. The molecule has 0 amide bonds. The fourth-order valence-corrected chi connectivity index (χ4v) is 0.975. The van der Waals surface area contributed by atoms with Gasteiger partial charge in [0.25, 0.3) is 0 Å². The van der Waals surface area contributed by atoms with Crippen LogP contribution in [0.2, 0.25) is 0 Å². The Balaban J connectivity index is 3.10. The van der Waals surface area contributed by atoms with Gasteiger partial charge >= 0.3 is 5.97 Å². The van der Waals surface area contributed by atoms with Crippen LogP contribution in [0.15, 0.2) is 6.20 Å². The number of carboxylic acid groups (broad SMARTS) is 1. The lowest BCUT2D eigenvalue weighted by Gasteiger charge is -1.97. The summed E-state index contributed by atoms with van der Waals surface area (Å²) in [7, 11) is 0. The first-order valence-corrected chi connectivity index (χ1v) is 3.42. The normalized spacial score (nSPS) is 10.0. The van der Waals surface area contributed by atoms with Crippen molar-refractivity contribution in [2.45, 2.75) is 20.4 Å². The fraction of sp³-hybridized carbons (Fsp3) is 0.429. The van der Waals surface area contributed by atoms with E-state index in [1.807, 2.05) is 6.92 Å². The van der Waals surface area contributed by atoms with Gasteiger partial charge in [-0.05, 0) is 13.8 Å². The third-order valence-corrected chi connectivity index (χ3v) is 1.63. The van der Waals surface area contributed by atoms with E-state index < -0.39 is 5.97 Å². The maximum atomic E-state index is 10.5. The number of aromatic nitrogens is 2. The average Bonchev–Trinajstić information content (AvgIpc) is 2.30. The van der Waals surface area contributed by atoms with Gasteiger partial charge in [0.1, 0.15) is 5.56 Å². The van der Waals surface area contributed by atoms with Crippen molar-refractivity contribution in [1.29, 1.82) is 0 Å². The number of aryl methyl sites for hydroxylation is 1. The van der Waals surface area contributed by atoms with E-state index in [2.05, 4.69) is 5.10 Å². The van der Waals surface area contributed by atoms with Crippen molar-refractivity contribution in [1.82, 2.24) is 9.78 Å². The maximum Gasteiger partial charge on any atom is 0.339 e. The molecule has 0 spiro atoms. The van der Waals surface area contributed by atoms with Gasteiger partial charge in [0.2, 0.25) is 0 Å². The van der Waals surface area contributed by atoms with Crippen LogP contribution in [0, 0.1) is 6.92 Å². The van der Waals surface area contributed by atoms with Gasteiger partial charge in [-0.2, -0.15) is 5.10 Å². The van der Waals surface area contributed by atoms with E-state index in [0.717, 1.165) is 0 Å². The number of hydrogen-bond acceptors (Lipinski definition) is 2. The summed E-state index contributed by atoms with van der Waals surface area (Å²) in [5, 5.41) is 12.5. The van der Waals surface area contributed by atoms with E-state index in [0.29, 0.717) is 12.2 Å². The van der Waals surface area contributed by atoms with E-state index in [1.54, 1.807) is 11.6 Å². The number of carbonyl (C=O) groups is 1. The molecular formula is C7H10N2O2. The van der Waals surface area contributed by atoms with E-state index in [1.165, 1.54) is 6.20 Å². The summed E-state index contributed by atoms with van der Waals surface area (Å²) in [5.41, 5.74) is 0.992. The number of rotatable bonds is 2. The van der Waals surface area contributed by atoms with Crippen molar-refractivity contribution in [3.05, 3.63) is 17.5 Å². The van der Waals surface area contributed by atoms with Crippen LogP contribution in [0.3, 0.4) is 0 Å². The lowest BCUT2D eigenvalue weighted by Crippen LogP contribution is -2.02. The number of nitrogens with zero attached hydrogens (tertiary/aromatic N) is 2. The Morgan fingerprint density at radius 1 is 1.82 bits per heavy atom. The summed E-state index contributed by atoms with van der Waals surface area (Å²) in [6.07, 6.45) is 1.38. The molecule has 0 fully saturated rings. The standard InChI is InChI=1S/C7H10N2O2/c1-3-9-5(2)6(4-8-9)7(10)11/h4H,3H2,1-2H3,(H,10,11). The summed E-state index contributed by atoms with van der Waals surface area (Å²) >= 11 is 0. The highest BCUT2D eigenvalue weighted by Crippen LogP contribution is 2.05. The zero-order valence-corrected chi connectivity index (χ0v) is 6.53. The molecule has 4 nitrogen and oxygen atoms in total. The second-order valence-electron chi connectivity index (χ2n) is 2.26. The predicted octanol–water partition coefficient (Wildman–Crippen LogP) is 0.910. The summed E-state index contributed by atoms with van der Waals surface area (Å²) in [6, 6.07) is 0. The van der Waals surface area contributed by atoms with Crippen LogP contribution in [0.5, 0.6) is 0 Å². The lowest BCUT2D eigenvalue weighted by atomic mass is 10.3. The average molecular weight is 154 g/mol. The number of carboxylic acids is 1. The van der Waals surface area contributed by atoms with Crippen LogP contribution in [-0.2, 0) is 6.54 Å². The molecule has 0 unspecified atom stereocenters. The molecule has 0 bridgehead atoms. The van der Waals surface area contributed by atoms with E-state index >= 15 is 0 Å². The van der Waals surface area contributed by atoms with E-state index in [4.69, 9.17) is 5.11 Å². The quantitative estimate of drug-likeness (QED) is 0.688. The summed E-state index contributed by atoms with van der Waals surface area (Å²) in [4.78, 5) is 10.5. The Hall–Kier alpha value is -1.32. The molecule has 0 atom stereocenters. The highest BCUT2D eigenvalue weighted by molar-refractivity contribution is 5.88. The summed E-state index contributed by atoms with van der Waals surface area (Å²) in [5.74, 6) is -0.915. The highest BCUT2D eigenvalue weighted by Gasteiger charge is 2.10. The van der Waals surface area contributed by atoms with Crippen molar-refractivity contribution in [3.8, 4) is 0 Å². The van der Waals surface area contributed by atoms with Crippen LogP contribution in [0.25, 0.3) is 0 Å². The molecule has 60 valence electrons. The van der Waals surface area contributed by atoms with Crippen molar-refractivity contribution in [2.24, 2.45) is 0 Å². The van der Waals surface area contributed by atoms with Gasteiger partial charge in [-0.3, -0.25) is 4.68 Å². The molecular weight excluding hydrogens is 144 g/mol. The van der Waals surface area contributed by atoms with Crippen LogP contribution >= 0.6 is 0 Å². The van der Waals surface area contributed by atoms with Crippen molar-refractivity contribution < 1.29 is 9.90 Å². The van der Waals surface area contributed by atoms with Crippen LogP contribution in [0.4, 0.5) is 0 Å². The first-order chi connectivity index (χ1) is 5.16. The van der Waals surface area contributed by atoms with Crippen molar-refractivity contribution >= 4 is 5.97 Å². The maximum absolute atomic E-state index is 10.5. The molecule has 0 aliphatic rings. The minimum atomic E-state index is -0.915. The monoisotopic (exact) mass is 154 g/mol. The smallest absolute Gasteiger partial charge is 0.339 e. The zero-order chi connectivity index (χ0) is 8.43. The zero-order valence-electron chi connectivity index (χ0n) is 6.53. The molecule has 1 heterocycles. The van der Waals surface area contributed by atoms with E-state index in [9.17, 15) is 4.79 Å². The van der Waals surface area contributed by atoms with Gasteiger partial charge in [0.05, 0.1) is 6.20 Å². The second-order valence-corrected chi connectivity index (χ2v) is 2.26. The highest BCUT2D eigenvalue weighted by atomic mass is 16.4. The topological polar surface area (TPSA) is 55.1 Å². The molecule has 0 aliphatic heterocycles. The van der Waals surface area contributed by atoms with Crippen molar-refractivity contribution in [3.63, 3.8) is 0 Å². The Bertz CT molecular complexity index is 278. The Morgan fingerprint density at radius 3 is 2.73 bits per heavy atom. The van der Waals surface area contributed by atoms with Crippen molar-refractivity contribution in [2.75, 3.05) is 0 Å². The number of aromatic carboxylic acids is 1. The molecule has 1 rings (SSSR count). The number of hydrogen-bond donors (Lipinski definition) is 1. The molecule has 4 heteroatoms. The first kappa shape index (κ1) is 7.78. The minimum absolute atomic E-state index is 0.284. The van der Waals surface area contributed by atoms with Gasteiger partial charge in [0, 0.05) is 12.2 Å². The van der Waals surface area contributed by atoms with Gasteiger partial charge in [-0.1, -0.05) is 0 Å². The summed E-state index contributed by atoms with van der Waals surface area (Å²) in [6.45, 7) is 4.38. The molecule has 0 saturated carbocycles. The molecule has 0 saturated heterocycles. The summed E-state index contributed by atoms with van der Waals surface area (Å²) < 4.78 is 1.66. The van der Waals surface area contributed by atoms with E-state index in [-0.39, 0.29) is 5.56 Å². The third-order valence-electron chi connectivity index (χ3n) is 1.63. The molecule has 1 aromatic rings. The fourth-order valence-electron chi connectivity index (χ4n) is 0.975. The molecule has 1 aromatic heterocycles. The second kappa shape index (κ2) is 2.74. The van der Waals surface area contributed by atoms with Gasteiger partial charge < -0.3 is 5.11 Å². The minimum Gasteiger partial charge on any atom is -0.478 e. The predicted molar refractivity (Wildman–Crippen MR) is 39.6 cm³/mol. The lowest BCUT2D eigenvalue weighted by molar-refractivity contribution is 0.0696. The van der Waals surface area contributed by atoms with Crippen LogP contribution in [-0.4, -0.2) is 20.9 Å². The molecule has 0 aromatic carbocycles. The van der Waals surface area contributed by atoms with Crippen LogP contribution < -0.4 is 0 Å². The molecule has 0 aliphatic carbocycles. The largest absolute Gasteiger partial charge is 0.478 e. The molecule has 11 heavy (non-hydrogen) atoms.